The van der Waals surface area contributed by atoms with Crippen molar-refractivity contribution in [2.24, 2.45) is 0 Å². The van der Waals surface area contributed by atoms with Crippen molar-refractivity contribution in [3.63, 3.8) is 0 Å². The van der Waals surface area contributed by atoms with Crippen LogP contribution in [0, 0.1) is 6.92 Å². The second kappa shape index (κ2) is 4.88. The number of carbonyl (C=O) groups is 1. The first kappa shape index (κ1) is 12.7. The normalized spacial score (nSPS) is 10.4. The van der Waals surface area contributed by atoms with E-state index in [1.807, 2.05) is 0 Å². The summed E-state index contributed by atoms with van der Waals surface area (Å²) in [5.74, 6) is -0.740. The van der Waals surface area contributed by atoms with Crippen molar-refractivity contribution in [1.29, 1.82) is 0 Å². The highest BCUT2D eigenvalue weighted by atomic mass is 35.5. The molecule has 0 aliphatic heterocycles. The Kier molecular flexibility index (Phi) is 3.45. The Morgan fingerprint density at radius 2 is 2.17 bits per heavy atom. The lowest BCUT2D eigenvalue weighted by molar-refractivity contribution is 0.0995. The summed E-state index contributed by atoms with van der Waals surface area (Å²) in [5.41, 5.74) is 0.549. The molecule has 1 aromatic carbocycles. The Bertz CT molecular complexity index is 610. The van der Waals surface area contributed by atoms with Crippen molar-refractivity contribution in [2.75, 3.05) is 5.32 Å². The zero-order valence-corrected chi connectivity index (χ0v) is 10.7. The van der Waals surface area contributed by atoms with Crippen LogP contribution in [0.1, 0.15) is 16.2 Å². The number of hydrogen-bond acceptors (Lipinski definition) is 4. The fourth-order valence-electron chi connectivity index (χ4n) is 1.36. The smallest absolute Gasteiger partial charge is 0.293 e. The Labute approximate surface area is 112 Å². The molecule has 0 radical (unpaired) electrons. The van der Waals surface area contributed by atoms with E-state index in [0.717, 1.165) is 6.39 Å². The monoisotopic (exact) mass is 286 g/mol. The summed E-state index contributed by atoms with van der Waals surface area (Å²) in [5, 5.41) is 12.5. The summed E-state index contributed by atoms with van der Waals surface area (Å²) >= 11 is 11.5. The standard InChI is InChI=1S/C11H8Cl2N2O3/c1-5-10(18-4-14-5)11(17)15-8-3-6(12)2-7(13)9(8)16/h2-4,16H,1H3,(H,15,17). The molecular formula is C11H8Cl2N2O3. The van der Waals surface area contributed by atoms with Crippen LogP contribution in [0.2, 0.25) is 10.0 Å². The SMILES string of the molecule is Cc1ncoc1C(=O)Nc1cc(Cl)cc(Cl)c1O. The number of benzene rings is 1. The van der Waals surface area contributed by atoms with Gasteiger partial charge in [-0.1, -0.05) is 23.2 Å². The molecule has 18 heavy (non-hydrogen) atoms. The number of phenolic OH excluding ortho intramolecular Hbond substituents is 1. The van der Waals surface area contributed by atoms with Gasteiger partial charge in [-0.05, 0) is 19.1 Å². The molecule has 0 unspecified atom stereocenters. The first-order valence-electron chi connectivity index (χ1n) is 4.88. The number of aromatic nitrogens is 1. The van der Waals surface area contributed by atoms with Gasteiger partial charge in [0.2, 0.25) is 5.76 Å². The van der Waals surface area contributed by atoms with Gasteiger partial charge in [-0.25, -0.2) is 4.98 Å². The number of aryl methyl sites for hydroxylation is 1. The molecule has 1 amide bonds. The molecule has 0 spiro atoms. The van der Waals surface area contributed by atoms with Crippen LogP contribution in [0.5, 0.6) is 5.75 Å². The van der Waals surface area contributed by atoms with Gasteiger partial charge in [-0.2, -0.15) is 0 Å². The number of aromatic hydroxyl groups is 1. The molecule has 5 nitrogen and oxygen atoms in total. The van der Waals surface area contributed by atoms with Gasteiger partial charge in [-0.15, -0.1) is 0 Å². The minimum Gasteiger partial charge on any atom is -0.504 e. The van der Waals surface area contributed by atoms with Gasteiger partial charge in [-0.3, -0.25) is 4.79 Å². The molecule has 0 atom stereocenters. The Morgan fingerprint density at radius 3 is 2.78 bits per heavy atom. The quantitative estimate of drug-likeness (QED) is 0.831. The van der Waals surface area contributed by atoms with E-state index in [0.29, 0.717) is 10.7 Å². The number of hydrogen-bond donors (Lipinski definition) is 2. The molecular weight excluding hydrogens is 279 g/mol. The molecule has 94 valence electrons. The highest BCUT2D eigenvalue weighted by Gasteiger charge is 2.17. The molecule has 0 aliphatic carbocycles. The van der Waals surface area contributed by atoms with E-state index in [-0.39, 0.29) is 22.2 Å². The van der Waals surface area contributed by atoms with Crippen LogP contribution in [-0.2, 0) is 0 Å². The minimum absolute atomic E-state index is 0.0482. The maximum atomic E-state index is 11.8. The largest absolute Gasteiger partial charge is 0.504 e. The molecule has 7 heteroatoms. The van der Waals surface area contributed by atoms with E-state index < -0.39 is 5.91 Å². The predicted octanol–water partition coefficient (Wildman–Crippen LogP) is 3.25. The van der Waals surface area contributed by atoms with E-state index in [1.54, 1.807) is 6.92 Å². The molecule has 2 N–H and O–H groups in total. The van der Waals surface area contributed by atoms with Crippen LogP contribution in [0.3, 0.4) is 0 Å². The van der Waals surface area contributed by atoms with Crippen LogP contribution in [0.15, 0.2) is 22.9 Å². The number of halogens is 2. The van der Waals surface area contributed by atoms with Crippen molar-refractivity contribution in [1.82, 2.24) is 4.98 Å². The Hall–Kier alpha value is -1.72. The van der Waals surface area contributed by atoms with Crippen LogP contribution in [0.25, 0.3) is 0 Å². The van der Waals surface area contributed by atoms with Crippen LogP contribution >= 0.6 is 23.2 Å². The lowest BCUT2D eigenvalue weighted by Gasteiger charge is -2.08. The van der Waals surface area contributed by atoms with Gasteiger partial charge in [0.05, 0.1) is 16.4 Å². The second-order valence-electron chi connectivity index (χ2n) is 3.50. The third-order valence-corrected chi connectivity index (χ3v) is 2.73. The maximum Gasteiger partial charge on any atom is 0.293 e. The molecule has 0 bridgehead atoms. The molecule has 1 heterocycles. The van der Waals surface area contributed by atoms with Crippen molar-refractivity contribution in [3.05, 3.63) is 40.0 Å². The highest BCUT2D eigenvalue weighted by Crippen LogP contribution is 2.35. The van der Waals surface area contributed by atoms with Crippen LogP contribution in [0.4, 0.5) is 5.69 Å². The van der Waals surface area contributed by atoms with Gasteiger partial charge in [0.15, 0.2) is 12.1 Å². The molecule has 1 aromatic heterocycles. The van der Waals surface area contributed by atoms with Crippen molar-refractivity contribution in [2.45, 2.75) is 6.92 Å². The van der Waals surface area contributed by atoms with Crippen molar-refractivity contribution < 1.29 is 14.3 Å². The van der Waals surface area contributed by atoms with Gasteiger partial charge >= 0.3 is 0 Å². The minimum atomic E-state index is -0.543. The zero-order chi connectivity index (χ0) is 13.3. The molecule has 0 saturated carbocycles. The number of amides is 1. The number of oxazole rings is 1. The number of rotatable bonds is 2. The van der Waals surface area contributed by atoms with E-state index >= 15 is 0 Å². The number of phenols is 1. The summed E-state index contributed by atoms with van der Waals surface area (Å²) in [6.07, 6.45) is 1.16. The van der Waals surface area contributed by atoms with Gasteiger partial charge in [0, 0.05) is 5.02 Å². The van der Waals surface area contributed by atoms with E-state index in [4.69, 9.17) is 27.6 Å². The van der Waals surface area contributed by atoms with Crippen molar-refractivity contribution >= 4 is 34.8 Å². The lowest BCUT2D eigenvalue weighted by Crippen LogP contribution is -2.12. The molecule has 2 rings (SSSR count). The average Bonchev–Trinajstić information content (AvgIpc) is 2.71. The van der Waals surface area contributed by atoms with E-state index in [1.165, 1.54) is 12.1 Å². The van der Waals surface area contributed by atoms with E-state index in [2.05, 4.69) is 10.3 Å². The molecule has 2 aromatic rings. The number of carbonyl (C=O) groups excluding carboxylic acids is 1. The fraction of sp³-hybridized carbons (Fsp3) is 0.0909. The Morgan fingerprint density at radius 1 is 1.44 bits per heavy atom. The third kappa shape index (κ3) is 2.42. The summed E-state index contributed by atoms with van der Waals surface area (Å²) < 4.78 is 4.93. The van der Waals surface area contributed by atoms with E-state index in [9.17, 15) is 9.90 Å². The summed E-state index contributed by atoms with van der Waals surface area (Å²) in [6.45, 7) is 1.63. The maximum absolute atomic E-state index is 11.8. The molecule has 0 fully saturated rings. The topological polar surface area (TPSA) is 75.4 Å². The Balaban J connectivity index is 2.30. The van der Waals surface area contributed by atoms with Gasteiger partial charge in [0.1, 0.15) is 0 Å². The number of nitrogens with zero attached hydrogens (tertiary/aromatic N) is 1. The summed E-state index contributed by atoms with van der Waals surface area (Å²) in [6, 6.07) is 2.75. The molecule has 0 aliphatic rings. The third-order valence-electron chi connectivity index (χ3n) is 2.23. The van der Waals surface area contributed by atoms with Gasteiger partial charge < -0.3 is 14.8 Å². The zero-order valence-electron chi connectivity index (χ0n) is 9.20. The predicted molar refractivity (Wildman–Crippen MR) is 67.3 cm³/mol. The van der Waals surface area contributed by atoms with Crippen LogP contribution in [-0.4, -0.2) is 16.0 Å². The fourth-order valence-corrected chi connectivity index (χ4v) is 1.85. The first-order valence-corrected chi connectivity index (χ1v) is 5.64. The highest BCUT2D eigenvalue weighted by molar-refractivity contribution is 6.36. The lowest BCUT2D eigenvalue weighted by atomic mass is 10.2. The van der Waals surface area contributed by atoms with Crippen molar-refractivity contribution in [3.8, 4) is 5.75 Å². The summed E-state index contributed by atoms with van der Waals surface area (Å²) in [4.78, 5) is 15.6. The second-order valence-corrected chi connectivity index (χ2v) is 4.35. The van der Waals surface area contributed by atoms with Gasteiger partial charge in [0.25, 0.3) is 5.91 Å². The first-order chi connectivity index (χ1) is 8.49. The summed E-state index contributed by atoms with van der Waals surface area (Å²) in [7, 11) is 0. The molecule has 0 saturated heterocycles. The number of nitrogens with one attached hydrogen (secondary N) is 1. The van der Waals surface area contributed by atoms with Crippen LogP contribution < -0.4 is 5.32 Å². The number of anilines is 1. The average molecular weight is 287 g/mol.